The average molecular weight is 406 g/mol. The summed E-state index contributed by atoms with van der Waals surface area (Å²) in [6, 6.07) is 17.0. The van der Waals surface area contributed by atoms with Gasteiger partial charge in [0.05, 0.1) is 10.6 Å². The highest BCUT2D eigenvalue weighted by Gasteiger charge is 2.33. The third kappa shape index (κ3) is 4.84. The zero-order valence-corrected chi connectivity index (χ0v) is 15.4. The first-order chi connectivity index (χ1) is 13.2. The van der Waals surface area contributed by atoms with Crippen LogP contribution in [0.5, 0.6) is 11.5 Å². The maximum atomic E-state index is 12.9. The highest BCUT2D eigenvalue weighted by atomic mass is 35.5. The molecule has 0 saturated heterocycles. The second-order valence-corrected chi connectivity index (χ2v) is 6.49. The lowest BCUT2D eigenvalue weighted by Crippen LogP contribution is -2.13. The number of carbonyl (C=O) groups is 1. The number of anilines is 1. The van der Waals surface area contributed by atoms with Gasteiger partial charge in [-0.2, -0.15) is 13.2 Å². The SMILES string of the molecule is Cc1ccc(Oc2ccc(C(=O)Nc3ccc(Cl)c(C(F)(F)F)c3)cc2)cc1. The minimum Gasteiger partial charge on any atom is -0.457 e. The van der Waals surface area contributed by atoms with Crippen LogP contribution in [0.15, 0.2) is 66.7 Å². The lowest BCUT2D eigenvalue weighted by molar-refractivity contribution is -0.137. The Bertz CT molecular complexity index is 984. The summed E-state index contributed by atoms with van der Waals surface area (Å²) in [6.07, 6.45) is -4.60. The van der Waals surface area contributed by atoms with Gasteiger partial charge in [-0.25, -0.2) is 0 Å². The van der Waals surface area contributed by atoms with Crippen molar-refractivity contribution in [2.24, 2.45) is 0 Å². The van der Waals surface area contributed by atoms with Crippen LogP contribution >= 0.6 is 11.6 Å². The second kappa shape index (κ2) is 7.94. The lowest BCUT2D eigenvalue weighted by atomic mass is 10.1. The Kier molecular flexibility index (Phi) is 5.61. The van der Waals surface area contributed by atoms with E-state index in [9.17, 15) is 18.0 Å². The summed E-state index contributed by atoms with van der Waals surface area (Å²) in [5.41, 5.74) is 0.380. The van der Waals surface area contributed by atoms with Crippen molar-refractivity contribution in [2.75, 3.05) is 5.32 Å². The van der Waals surface area contributed by atoms with Gasteiger partial charge in [0.2, 0.25) is 0 Å². The smallest absolute Gasteiger partial charge is 0.417 e. The van der Waals surface area contributed by atoms with Crippen molar-refractivity contribution in [3.8, 4) is 11.5 Å². The van der Waals surface area contributed by atoms with Crippen LogP contribution in [0.3, 0.4) is 0 Å². The Labute approximate surface area is 164 Å². The first kappa shape index (κ1) is 19.8. The number of alkyl halides is 3. The zero-order valence-electron chi connectivity index (χ0n) is 14.7. The molecule has 0 atom stereocenters. The van der Waals surface area contributed by atoms with Gasteiger partial charge in [0.15, 0.2) is 0 Å². The van der Waals surface area contributed by atoms with Crippen molar-refractivity contribution >= 4 is 23.2 Å². The van der Waals surface area contributed by atoms with E-state index < -0.39 is 22.7 Å². The molecule has 0 aliphatic carbocycles. The molecule has 0 spiro atoms. The summed E-state index contributed by atoms with van der Waals surface area (Å²) in [5, 5.41) is 2.01. The second-order valence-electron chi connectivity index (χ2n) is 6.09. The fourth-order valence-electron chi connectivity index (χ4n) is 2.44. The minimum absolute atomic E-state index is 0.00158. The number of ether oxygens (including phenoxy) is 1. The van der Waals surface area contributed by atoms with E-state index in [1.54, 1.807) is 12.1 Å². The zero-order chi connectivity index (χ0) is 20.3. The Balaban J connectivity index is 1.70. The van der Waals surface area contributed by atoms with Gasteiger partial charge in [-0.15, -0.1) is 0 Å². The summed E-state index contributed by atoms with van der Waals surface area (Å²) in [5.74, 6) is 0.646. The van der Waals surface area contributed by atoms with Crippen LogP contribution < -0.4 is 10.1 Å². The molecule has 0 radical (unpaired) electrons. The van der Waals surface area contributed by atoms with Crippen molar-refractivity contribution in [2.45, 2.75) is 13.1 Å². The van der Waals surface area contributed by atoms with Gasteiger partial charge < -0.3 is 10.1 Å². The molecule has 3 aromatic carbocycles. The molecule has 0 heterocycles. The minimum atomic E-state index is -4.60. The Morgan fingerprint density at radius 1 is 0.929 bits per heavy atom. The molecule has 0 aliphatic rings. The number of carbonyl (C=O) groups excluding carboxylic acids is 1. The van der Waals surface area contributed by atoms with Crippen molar-refractivity contribution in [1.82, 2.24) is 0 Å². The van der Waals surface area contributed by atoms with E-state index in [2.05, 4.69) is 5.32 Å². The summed E-state index contributed by atoms with van der Waals surface area (Å²) >= 11 is 5.58. The van der Waals surface area contributed by atoms with Crippen LogP contribution in [0.2, 0.25) is 5.02 Å². The Hall–Kier alpha value is -2.99. The Morgan fingerprint density at radius 3 is 2.07 bits per heavy atom. The number of hydrogen-bond acceptors (Lipinski definition) is 2. The number of benzene rings is 3. The average Bonchev–Trinajstić information content (AvgIpc) is 2.65. The van der Waals surface area contributed by atoms with E-state index in [-0.39, 0.29) is 11.3 Å². The van der Waals surface area contributed by atoms with E-state index in [1.807, 2.05) is 31.2 Å². The van der Waals surface area contributed by atoms with Crippen molar-refractivity contribution in [3.05, 3.63) is 88.4 Å². The molecule has 28 heavy (non-hydrogen) atoms. The molecule has 3 nitrogen and oxygen atoms in total. The predicted molar refractivity (Wildman–Crippen MR) is 102 cm³/mol. The van der Waals surface area contributed by atoms with Crippen molar-refractivity contribution in [3.63, 3.8) is 0 Å². The van der Waals surface area contributed by atoms with E-state index in [0.717, 1.165) is 17.7 Å². The number of rotatable bonds is 4. The fourth-order valence-corrected chi connectivity index (χ4v) is 2.66. The summed E-state index contributed by atoms with van der Waals surface area (Å²) < 4.78 is 44.5. The molecule has 0 aromatic heterocycles. The lowest BCUT2D eigenvalue weighted by Gasteiger charge is -2.12. The van der Waals surface area contributed by atoms with Gasteiger partial charge in [0.1, 0.15) is 11.5 Å². The highest BCUT2D eigenvalue weighted by molar-refractivity contribution is 6.31. The molecule has 0 unspecified atom stereocenters. The number of nitrogens with one attached hydrogen (secondary N) is 1. The molecule has 1 amide bonds. The van der Waals surface area contributed by atoms with Gasteiger partial charge in [0, 0.05) is 11.3 Å². The largest absolute Gasteiger partial charge is 0.457 e. The molecule has 1 N–H and O–H groups in total. The molecule has 3 aromatic rings. The summed E-state index contributed by atoms with van der Waals surface area (Å²) in [4.78, 5) is 12.3. The molecule has 7 heteroatoms. The molecule has 0 aliphatic heterocycles. The fraction of sp³-hybridized carbons (Fsp3) is 0.0952. The molecular weight excluding hydrogens is 391 g/mol. The van der Waals surface area contributed by atoms with Crippen LogP contribution in [-0.4, -0.2) is 5.91 Å². The molecular formula is C21H15ClF3NO2. The number of amides is 1. The van der Waals surface area contributed by atoms with Gasteiger partial charge in [-0.05, 0) is 61.5 Å². The van der Waals surface area contributed by atoms with Gasteiger partial charge in [-0.1, -0.05) is 29.3 Å². The van der Waals surface area contributed by atoms with Crippen LogP contribution in [-0.2, 0) is 6.18 Å². The van der Waals surface area contributed by atoms with Crippen LogP contribution in [0, 0.1) is 6.92 Å². The first-order valence-corrected chi connectivity index (χ1v) is 8.63. The first-order valence-electron chi connectivity index (χ1n) is 8.25. The van der Waals surface area contributed by atoms with E-state index in [4.69, 9.17) is 16.3 Å². The van der Waals surface area contributed by atoms with Crippen molar-refractivity contribution < 1.29 is 22.7 Å². The molecule has 3 rings (SSSR count). The van der Waals surface area contributed by atoms with Crippen LogP contribution in [0.1, 0.15) is 21.5 Å². The highest BCUT2D eigenvalue weighted by Crippen LogP contribution is 2.36. The quantitative estimate of drug-likeness (QED) is 0.523. The van der Waals surface area contributed by atoms with Gasteiger partial charge in [-0.3, -0.25) is 4.79 Å². The molecule has 0 fully saturated rings. The maximum absolute atomic E-state index is 12.9. The number of aryl methyl sites for hydroxylation is 1. The van der Waals surface area contributed by atoms with Gasteiger partial charge >= 0.3 is 6.18 Å². The molecule has 0 saturated carbocycles. The summed E-state index contributed by atoms with van der Waals surface area (Å²) in [7, 11) is 0. The maximum Gasteiger partial charge on any atom is 0.417 e. The summed E-state index contributed by atoms with van der Waals surface area (Å²) in [6.45, 7) is 1.97. The predicted octanol–water partition coefficient (Wildman–Crippen LogP) is 6.71. The number of hydrogen-bond donors (Lipinski definition) is 1. The van der Waals surface area contributed by atoms with E-state index in [0.29, 0.717) is 11.5 Å². The normalized spacial score (nSPS) is 11.2. The van der Waals surface area contributed by atoms with Gasteiger partial charge in [0.25, 0.3) is 5.91 Å². The monoisotopic (exact) mass is 405 g/mol. The standard InChI is InChI=1S/C21H15ClF3NO2/c1-13-2-7-16(8-3-13)28-17-9-4-14(5-10-17)20(27)26-15-6-11-19(22)18(12-15)21(23,24)25/h2-12H,1H3,(H,26,27). The van der Waals surface area contributed by atoms with E-state index >= 15 is 0 Å². The van der Waals surface area contributed by atoms with Crippen LogP contribution in [0.4, 0.5) is 18.9 Å². The molecule has 144 valence electrons. The van der Waals surface area contributed by atoms with Crippen molar-refractivity contribution in [1.29, 1.82) is 0 Å². The van der Waals surface area contributed by atoms with Crippen LogP contribution in [0.25, 0.3) is 0 Å². The third-order valence-corrected chi connectivity index (χ3v) is 4.23. The topological polar surface area (TPSA) is 38.3 Å². The van der Waals surface area contributed by atoms with E-state index in [1.165, 1.54) is 18.2 Å². The molecule has 0 bridgehead atoms. The Morgan fingerprint density at radius 2 is 1.50 bits per heavy atom. The third-order valence-electron chi connectivity index (χ3n) is 3.90. The number of halogens is 4.